The second kappa shape index (κ2) is 9.07. The highest BCUT2D eigenvalue weighted by Crippen LogP contribution is 2.49. The third-order valence-corrected chi connectivity index (χ3v) is 5.99. The summed E-state index contributed by atoms with van der Waals surface area (Å²) < 4.78 is 0. The van der Waals surface area contributed by atoms with Crippen molar-refractivity contribution in [2.75, 3.05) is 4.90 Å². The quantitative estimate of drug-likeness (QED) is 0.390. The minimum absolute atomic E-state index is 0.300. The van der Waals surface area contributed by atoms with E-state index in [9.17, 15) is 9.59 Å². The van der Waals surface area contributed by atoms with Crippen LogP contribution in [0.25, 0.3) is 0 Å². The Labute approximate surface area is 186 Å². The number of amides is 3. The molecule has 0 saturated carbocycles. The smallest absolute Gasteiger partial charge is 0.275 e. The zero-order valence-electron chi connectivity index (χ0n) is 17.0. The number of rotatable bonds is 5. The van der Waals surface area contributed by atoms with Crippen LogP contribution in [-0.2, 0) is 4.79 Å². The van der Waals surface area contributed by atoms with E-state index >= 15 is 0 Å². The topological polar surface area (TPSA) is 64.4 Å². The average Bonchev–Trinajstić information content (AvgIpc) is 2.94. The lowest BCUT2D eigenvalue weighted by Crippen LogP contribution is -2.49. The van der Waals surface area contributed by atoms with E-state index < -0.39 is 11.6 Å². The van der Waals surface area contributed by atoms with Crippen molar-refractivity contribution >= 4 is 40.8 Å². The third-order valence-electron chi connectivity index (χ3n) is 5.56. The van der Waals surface area contributed by atoms with E-state index in [0.29, 0.717) is 28.6 Å². The maximum atomic E-state index is 13.5. The summed E-state index contributed by atoms with van der Waals surface area (Å²) in [4.78, 5) is 29.1. The fraction of sp³-hybridized carbons (Fsp3) is 0.348. The molecule has 30 heavy (non-hydrogen) atoms. The highest BCUT2D eigenvalue weighted by atomic mass is 35.5. The molecule has 2 aliphatic rings. The number of nitrogens with zero attached hydrogens (tertiary/aromatic N) is 3. The normalized spacial score (nSPS) is 21.6. The Kier molecular flexibility index (Phi) is 6.70. The number of fused-ring (bicyclic) bond motifs is 1. The van der Waals surface area contributed by atoms with Crippen LogP contribution in [0.15, 0.2) is 53.8 Å². The molecule has 1 aliphatic carbocycles. The van der Waals surface area contributed by atoms with Gasteiger partial charge in [0, 0.05) is 23.0 Å². The van der Waals surface area contributed by atoms with Crippen LogP contribution >= 0.6 is 23.2 Å². The molecule has 1 aromatic carbocycles. The van der Waals surface area contributed by atoms with E-state index in [0.717, 1.165) is 30.5 Å². The first-order valence-electron chi connectivity index (χ1n) is 9.90. The molecular weight excluding hydrogens is 421 g/mol. The standard InChI is InChI=1S/C23H23Cl2N3O2/c1-3-17(8-5-7-11-26)15-23-10-6-4-9-21(23)27(22(30)28(23)16(2)29)20-13-18(24)12-19(25)14-20/h5,7-9,12-14H,3-4,6,10,15H2,1-2H3/b7-5+,17-8+. The SMILES string of the molecule is CC/C(=C\C=C\C#N)CC12CCCC=C1N(c1cc(Cl)cc(Cl)c1)C(=O)N2C(C)=O. The predicted molar refractivity (Wildman–Crippen MR) is 119 cm³/mol. The van der Waals surface area contributed by atoms with Crippen molar-refractivity contribution in [3.63, 3.8) is 0 Å². The summed E-state index contributed by atoms with van der Waals surface area (Å²) in [5.74, 6) is -0.300. The number of allylic oxidation sites excluding steroid dienone is 4. The largest absolute Gasteiger partial charge is 0.336 e. The minimum Gasteiger partial charge on any atom is -0.275 e. The van der Waals surface area contributed by atoms with Gasteiger partial charge in [-0.3, -0.25) is 14.6 Å². The molecule has 7 heteroatoms. The molecule has 0 radical (unpaired) electrons. The molecule has 0 aromatic heterocycles. The van der Waals surface area contributed by atoms with Gasteiger partial charge in [0.05, 0.1) is 23.0 Å². The van der Waals surface area contributed by atoms with Crippen molar-refractivity contribution in [3.05, 3.63) is 63.8 Å². The summed E-state index contributed by atoms with van der Waals surface area (Å²) in [6.45, 7) is 3.45. The van der Waals surface area contributed by atoms with Crippen molar-refractivity contribution in [2.45, 2.75) is 51.5 Å². The minimum atomic E-state index is -0.766. The number of carbonyl (C=O) groups is 2. The molecular formula is C23H23Cl2N3O2. The number of hydrogen-bond acceptors (Lipinski definition) is 3. The number of benzene rings is 1. The van der Waals surface area contributed by atoms with Crippen LogP contribution in [0.2, 0.25) is 10.0 Å². The zero-order chi connectivity index (χ0) is 21.9. The number of hydrogen-bond donors (Lipinski definition) is 0. The van der Waals surface area contributed by atoms with Gasteiger partial charge in [0.15, 0.2) is 0 Å². The number of imide groups is 1. The van der Waals surface area contributed by atoms with Gasteiger partial charge in [-0.2, -0.15) is 5.26 Å². The van der Waals surface area contributed by atoms with Gasteiger partial charge in [-0.15, -0.1) is 0 Å². The molecule has 3 rings (SSSR count). The summed E-state index contributed by atoms with van der Waals surface area (Å²) in [6, 6.07) is 6.56. The van der Waals surface area contributed by atoms with Crippen LogP contribution in [0.3, 0.4) is 0 Å². The van der Waals surface area contributed by atoms with Crippen molar-refractivity contribution in [1.82, 2.24) is 4.90 Å². The monoisotopic (exact) mass is 443 g/mol. The molecule has 0 bridgehead atoms. The van der Waals surface area contributed by atoms with Gasteiger partial charge in [0.2, 0.25) is 5.91 Å². The van der Waals surface area contributed by atoms with Gasteiger partial charge in [-0.05, 0) is 50.3 Å². The molecule has 1 aliphatic heterocycles. The van der Waals surface area contributed by atoms with E-state index in [2.05, 4.69) is 0 Å². The van der Waals surface area contributed by atoms with Crippen LogP contribution in [-0.4, -0.2) is 22.4 Å². The van der Waals surface area contributed by atoms with Crippen LogP contribution in [0, 0.1) is 11.3 Å². The predicted octanol–water partition coefficient (Wildman–Crippen LogP) is 6.39. The van der Waals surface area contributed by atoms with Crippen LogP contribution in [0.5, 0.6) is 0 Å². The third kappa shape index (κ3) is 4.03. The molecule has 1 saturated heterocycles. The van der Waals surface area contributed by atoms with Crippen molar-refractivity contribution < 1.29 is 9.59 Å². The molecule has 156 valence electrons. The van der Waals surface area contributed by atoms with Gasteiger partial charge in [0.1, 0.15) is 0 Å². The molecule has 3 amide bonds. The van der Waals surface area contributed by atoms with E-state index in [1.54, 1.807) is 29.2 Å². The molecule has 0 spiro atoms. The van der Waals surface area contributed by atoms with Gasteiger partial charge in [-0.1, -0.05) is 53.9 Å². The average molecular weight is 444 g/mol. The van der Waals surface area contributed by atoms with Crippen molar-refractivity contribution in [2.24, 2.45) is 0 Å². The Bertz CT molecular complexity index is 986. The molecule has 5 nitrogen and oxygen atoms in total. The van der Waals surface area contributed by atoms with E-state index in [-0.39, 0.29) is 5.91 Å². The number of anilines is 1. The first kappa shape index (κ1) is 22.1. The number of carbonyl (C=O) groups excluding carboxylic acids is 2. The molecule has 1 unspecified atom stereocenters. The highest BCUT2D eigenvalue weighted by Gasteiger charge is 2.56. The van der Waals surface area contributed by atoms with E-state index in [1.165, 1.54) is 17.9 Å². The van der Waals surface area contributed by atoms with Crippen LogP contribution in [0.1, 0.15) is 46.0 Å². The molecule has 1 atom stereocenters. The van der Waals surface area contributed by atoms with Crippen LogP contribution in [0.4, 0.5) is 10.5 Å². The lowest BCUT2D eigenvalue weighted by molar-refractivity contribution is -0.129. The summed E-state index contributed by atoms with van der Waals surface area (Å²) in [5, 5.41) is 9.62. The summed E-state index contributed by atoms with van der Waals surface area (Å²) in [5.41, 5.74) is 1.62. The Morgan fingerprint density at radius 2 is 2.00 bits per heavy atom. The number of nitriles is 1. The highest BCUT2D eigenvalue weighted by molar-refractivity contribution is 6.35. The second-order valence-electron chi connectivity index (χ2n) is 7.46. The Morgan fingerprint density at radius 3 is 2.60 bits per heavy atom. The second-order valence-corrected chi connectivity index (χ2v) is 8.33. The lowest BCUT2D eigenvalue weighted by Gasteiger charge is -2.39. The Morgan fingerprint density at radius 1 is 1.30 bits per heavy atom. The van der Waals surface area contributed by atoms with Crippen molar-refractivity contribution in [3.8, 4) is 6.07 Å². The van der Waals surface area contributed by atoms with Gasteiger partial charge in [-0.25, -0.2) is 4.79 Å². The van der Waals surface area contributed by atoms with Crippen molar-refractivity contribution in [1.29, 1.82) is 5.26 Å². The number of urea groups is 1. The number of halogens is 2. The first-order valence-corrected chi connectivity index (χ1v) is 10.7. The fourth-order valence-electron chi connectivity index (χ4n) is 4.38. The van der Waals surface area contributed by atoms with Gasteiger partial charge >= 0.3 is 6.03 Å². The maximum absolute atomic E-state index is 13.5. The molecule has 1 fully saturated rings. The maximum Gasteiger partial charge on any atom is 0.336 e. The van der Waals surface area contributed by atoms with Gasteiger partial charge in [0.25, 0.3) is 0 Å². The summed E-state index contributed by atoms with van der Waals surface area (Å²) >= 11 is 12.4. The van der Waals surface area contributed by atoms with Gasteiger partial charge < -0.3 is 0 Å². The Balaban J connectivity index is 2.15. The van der Waals surface area contributed by atoms with Crippen LogP contribution < -0.4 is 4.90 Å². The first-order chi connectivity index (χ1) is 14.3. The molecule has 1 heterocycles. The summed E-state index contributed by atoms with van der Waals surface area (Å²) in [7, 11) is 0. The molecule has 0 N–H and O–H groups in total. The zero-order valence-corrected chi connectivity index (χ0v) is 18.5. The summed E-state index contributed by atoms with van der Waals surface area (Å²) in [6.07, 6.45) is 10.7. The Hall–Kier alpha value is -2.55. The molecule has 1 aromatic rings. The lowest BCUT2D eigenvalue weighted by atomic mass is 9.78. The van der Waals surface area contributed by atoms with E-state index in [4.69, 9.17) is 28.5 Å². The fourth-order valence-corrected chi connectivity index (χ4v) is 4.89. The van der Waals surface area contributed by atoms with E-state index in [1.807, 2.05) is 25.1 Å².